The standard InChI is InChI=1S/C22H31F7O3/c23-18-12-14(13-4-2-1-3-5-13)6-11-17(18)19(30)31-15-7-9-16(10-8-15)32-20(24)21(25,26)22(27,28)29/h13-18,20H,1-12H2. The first-order chi connectivity index (χ1) is 15.0. The van der Waals surface area contributed by atoms with E-state index in [0.717, 1.165) is 19.3 Å². The molecule has 0 amide bonds. The zero-order valence-corrected chi connectivity index (χ0v) is 17.9. The maximum absolute atomic E-state index is 14.7. The van der Waals surface area contributed by atoms with Gasteiger partial charge in [-0.1, -0.05) is 32.1 Å². The summed E-state index contributed by atoms with van der Waals surface area (Å²) >= 11 is 0. The molecule has 0 spiro atoms. The third-order valence-corrected chi connectivity index (χ3v) is 7.31. The van der Waals surface area contributed by atoms with Crippen LogP contribution in [0.15, 0.2) is 0 Å². The minimum atomic E-state index is -6.04. The molecule has 4 unspecified atom stereocenters. The third kappa shape index (κ3) is 6.08. The van der Waals surface area contributed by atoms with Gasteiger partial charge in [0.25, 0.3) is 6.36 Å². The van der Waals surface area contributed by atoms with Crippen LogP contribution in [-0.2, 0) is 14.3 Å². The molecule has 0 bridgehead atoms. The number of ether oxygens (including phenoxy) is 2. The molecule has 32 heavy (non-hydrogen) atoms. The van der Waals surface area contributed by atoms with Gasteiger partial charge in [0.05, 0.1) is 12.0 Å². The van der Waals surface area contributed by atoms with E-state index < -0.39 is 48.7 Å². The van der Waals surface area contributed by atoms with E-state index in [-0.39, 0.29) is 25.7 Å². The fourth-order valence-corrected chi connectivity index (χ4v) is 5.37. The maximum atomic E-state index is 14.7. The maximum Gasteiger partial charge on any atom is 0.459 e. The summed E-state index contributed by atoms with van der Waals surface area (Å²) in [6.07, 6.45) is -5.25. The van der Waals surface area contributed by atoms with Gasteiger partial charge in [-0.05, 0) is 56.8 Å². The van der Waals surface area contributed by atoms with Gasteiger partial charge < -0.3 is 9.47 Å². The highest BCUT2D eigenvalue weighted by molar-refractivity contribution is 5.73. The SMILES string of the molecule is O=C(OC1CCC(OC(F)C(F)(F)C(F)(F)F)CC1)C1CCC(C2CCCCC2)CC1F. The van der Waals surface area contributed by atoms with Crippen LogP contribution in [0.5, 0.6) is 0 Å². The van der Waals surface area contributed by atoms with Crippen LogP contribution < -0.4 is 0 Å². The molecule has 0 saturated heterocycles. The molecular weight excluding hydrogens is 445 g/mol. The van der Waals surface area contributed by atoms with Crippen molar-refractivity contribution in [2.75, 3.05) is 0 Å². The lowest BCUT2D eigenvalue weighted by atomic mass is 9.70. The first-order valence-electron chi connectivity index (χ1n) is 11.6. The first-order valence-corrected chi connectivity index (χ1v) is 11.6. The molecule has 0 aliphatic heterocycles. The van der Waals surface area contributed by atoms with E-state index in [1.807, 2.05) is 0 Å². The summed E-state index contributed by atoms with van der Waals surface area (Å²) in [7, 11) is 0. The Labute approximate surface area is 183 Å². The van der Waals surface area contributed by atoms with Gasteiger partial charge in [-0.15, -0.1) is 0 Å². The van der Waals surface area contributed by atoms with E-state index in [4.69, 9.17) is 4.74 Å². The molecule has 0 aromatic carbocycles. The molecule has 186 valence electrons. The third-order valence-electron chi connectivity index (χ3n) is 7.31. The summed E-state index contributed by atoms with van der Waals surface area (Å²) in [4.78, 5) is 12.5. The molecule has 4 atom stereocenters. The lowest BCUT2D eigenvalue weighted by molar-refractivity contribution is -0.347. The molecular formula is C22H31F7O3. The first kappa shape index (κ1) is 25.6. The molecule has 0 aromatic rings. The Bertz CT molecular complexity index is 613. The molecule has 10 heteroatoms. The van der Waals surface area contributed by atoms with Crippen molar-refractivity contribution in [1.29, 1.82) is 0 Å². The highest BCUT2D eigenvalue weighted by Gasteiger charge is 2.64. The van der Waals surface area contributed by atoms with Crippen LogP contribution in [-0.4, -0.2) is 42.8 Å². The molecule has 3 aliphatic rings. The Morgan fingerprint density at radius 1 is 0.781 bits per heavy atom. The lowest BCUT2D eigenvalue weighted by Crippen LogP contribution is -2.48. The van der Waals surface area contributed by atoms with E-state index in [9.17, 15) is 35.5 Å². The van der Waals surface area contributed by atoms with Crippen LogP contribution in [0.1, 0.15) is 77.0 Å². The Morgan fingerprint density at radius 3 is 1.94 bits per heavy atom. The van der Waals surface area contributed by atoms with Crippen LogP contribution in [0, 0.1) is 17.8 Å². The number of carbonyl (C=O) groups is 1. The topological polar surface area (TPSA) is 35.5 Å². The molecule has 0 radical (unpaired) electrons. The Kier molecular flexibility index (Phi) is 8.36. The van der Waals surface area contributed by atoms with Gasteiger partial charge >= 0.3 is 18.1 Å². The van der Waals surface area contributed by atoms with Crippen molar-refractivity contribution in [1.82, 2.24) is 0 Å². The Hall–Kier alpha value is -1.06. The van der Waals surface area contributed by atoms with Crippen molar-refractivity contribution in [3.8, 4) is 0 Å². The number of alkyl halides is 7. The van der Waals surface area contributed by atoms with E-state index >= 15 is 0 Å². The number of hydrogen-bond donors (Lipinski definition) is 0. The number of esters is 1. The van der Waals surface area contributed by atoms with Gasteiger partial charge in [-0.3, -0.25) is 4.79 Å². The second-order valence-corrected chi connectivity index (χ2v) is 9.50. The largest absolute Gasteiger partial charge is 0.462 e. The monoisotopic (exact) mass is 476 g/mol. The van der Waals surface area contributed by atoms with Crippen molar-refractivity contribution >= 4 is 5.97 Å². The lowest BCUT2D eigenvalue weighted by Gasteiger charge is -2.37. The average molecular weight is 476 g/mol. The quantitative estimate of drug-likeness (QED) is 0.317. The van der Waals surface area contributed by atoms with E-state index in [1.54, 1.807) is 0 Å². The Morgan fingerprint density at radius 2 is 1.38 bits per heavy atom. The highest BCUT2D eigenvalue weighted by Crippen LogP contribution is 2.43. The summed E-state index contributed by atoms with van der Waals surface area (Å²) in [5.74, 6) is -6.23. The molecule has 3 aliphatic carbocycles. The second kappa shape index (κ2) is 10.5. The number of rotatable bonds is 6. The predicted octanol–water partition coefficient (Wildman–Crippen LogP) is 6.69. The zero-order valence-electron chi connectivity index (χ0n) is 17.9. The van der Waals surface area contributed by atoms with Gasteiger partial charge in [0.1, 0.15) is 12.3 Å². The molecule has 3 nitrogen and oxygen atoms in total. The summed E-state index contributed by atoms with van der Waals surface area (Å²) in [6.45, 7) is 0. The number of carbonyl (C=O) groups excluding carboxylic acids is 1. The summed E-state index contributed by atoms with van der Waals surface area (Å²) in [6, 6.07) is 0. The molecule has 3 saturated carbocycles. The van der Waals surface area contributed by atoms with Crippen LogP contribution >= 0.6 is 0 Å². The minimum Gasteiger partial charge on any atom is -0.462 e. The van der Waals surface area contributed by atoms with E-state index in [1.165, 1.54) is 19.3 Å². The van der Waals surface area contributed by atoms with Gasteiger partial charge in [0.15, 0.2) is 0 Å². The van der Waals surface area contributed by atoms with Crippen molar-refractivity contribution < 1.29 is 45.0 Å². The molecule has 0 heterocycles. The fourth-order valence-electron chi connectivity index (χ4n) is 5.37. The smallest absolute Gasteiger partial charge is 0.459 e. The summed E-state index contributed by atoms with van der Waals surface area (Å²) in [5, 5.41) is 0. The van der Waals surface area contributed by atoms with Gasteiger partial charge in [0.2, 0.25) is 0 Å². The van der Waals surface area contributed by atoms with E-state index in [0.29, 0.717) is 24.7 Å². The van der Waals surface area contributed by atoms with E-state index in [2.05, 4.69) is 4.74 Å². The highest BCUT2D eigenvalue weighted by atomic mass is 19.4. The van der Waals surface area contributed by atoms with Crippen molar-refractivity contribution in [2.24, 2.45) is 17.8 Å². The predicted molar refractivity (Wildman–Crippen MR) is 101 cm³/mol. The fraction of sp³-hybridized carbons (Fsp3) is 0.955. The van der Waals surface area contributed by atoms with Crippen LogP contribution in [0.4, 0.5) is 30.7 Å². The van der Waals surface area contributed by atoms with Crippen LogP contribution in [0.2, 0.25) is 0 Å². The van der Waals surface area contributed by atoms with Crippen LogP contribution in [0.3, 0.4) is 0 Å². The van der Waals surface area contributed by atoms with Gasteiger partial charge in [0, 0.05) is 0 Å². The van der Waals surface area contributed by atoms with Crippen molar-refractivity contribution in [2.45, 2.75) is 114 Å². The van der Waals surface area contributed by atoms with Crippen LogP contribution in [0.25, 0.3) is 0 Å². The zero-order chi connectivity index (χ0) is 23.5. The normalized spacial score (nSPS) is 34.2. The van der Waals surface area contributed by atoms with Gasteiger partial charge in [-0.25, -0.2) is 8.78 Å². The molecule has 3 rings (SSSR count). The summed E-state index contributed by atoms with van der Waals surface area (Å²) in [5.41, 5.74) is 0. The Balaban J connectivity index is 1.41. The second-order valence-electron chi connectivity index (χ2n) is 9.50. The number of hydrogen-bond acceptors (Lipinski definition) is 3. The van der Waals surface area contributed by atoms with Crippen molar-refractivity contribution in [3.63, 3.8) is 0 Å². The van der Waals surface area contributed by atoms with Gasteiger partial charge in [-0.2, -0.15) is 22.0 Å². The van der Waals surface area contributed by atoms with Crippen molar-refractivity contribution in [3.05, 3.63) is 0 Å². The minimum absolute atomic E-state index is 0.0280. The molecule has 3 fully saturated rings. The molecule has 0 aromatic heterocycles. The summed E-state index contributed by atoms with van der Waals surface area (Å²) < 4.78 is 100. The average Bonchev–Trinajstić information content (AvgIpc) is 2.74. The molecule has 0 N–H and O–H groups in total. The number of halogens is 7.